The van der Waals surface area contributed by atoms with Gasteiger partial charge in [-0.05, 0) is 62.8 Å². The molecule has 5 rings (SSSR count). The van der Waals surface area contributed by atoms with Crippen LogP contribution in [-0.4, -0.2) is 56.8 Å². The standard InChI is InChI=1S/C25H27FN8/c1-33-13-10-20(11-14-33)29-24-21-4-2-3-5-22(21)30-25(31-24)32-28-16-23-27-12-15-34(23)17-18-6-8-19(26)9-7-18/h2-9,12,15-16,20H,10-11,13-14,17H2,1H3,(H2,29,30,31,32)/b28-16+. The van der Waals surface area contributed by atoms with Crippen molar-refractivity contribution < 1.29 is 4.39 Å². The van der Waals surface area contributed by atoms with Gasteiger partial charge in [0.1, 0.15) is 11.6 Å². The van der Waals surface area contributed by atoms with Crippen molar-refractivity contribution in [1.82, 2.24) is 24.4 Å². The van der Waals surface area contributed by atoms with E-state index in [1.807, 2.05) is 35.0 Å². The lowest BCUT2D eigenvalue weighted by atomic mass is 10.1. The number of benzene rings is 2. The number of halogens is 1. The van der Waals surface area contributed by atoms with Crippen LogP contribution in [-0.2, 0) is 6.54 Å². The van der Waals surface area contributed by atoms with E-state index in [0.717, 1.165) is 48.2 Å². The average Bonchev–Trinajstić information content (AvgIpc) is 3.29. The molecule has 4 aromatic rings. The van der Waals surface area contributed by atoms with Crippen LogP contribution in [0.4, 0.5) is 16.2 Å². The molecule has 0 spiro atoms. The number of imidazole rings is 1. The summed E-state index contributed by atoms with van der Waals surface area (Å²) in [5.41, 5.74) is 4.78. The van der Waals surface area contributed by atoms with E-state index < -0.39 is 0 Å². The zero-order valence-corrected chi connectivity index (χ0v) is 19.0. The summed E-state index contributed by atoms with van der Waals surface area (Å²) in [5.74, 6) is 1.65. The monoisotopic (exact) mass is 458 g/mol. The first-order valence-electron chi connectivity index (χ1n) is 11.4. The molecule has 34 heavy (non-hydrogen) atoms. The van der Waals surface area contributed by atoms with Crippen LogP contribution in [0.1, 0.15) is 24.2 Å². The molecule has 0 saturated carbocycles. The summed E-state index contributed by atoms with van der Waals surface area (Å²) in [5, 5.41) is 8.94. The highest BCUT2D eigenvalue weighted by molar-refractivity contribution is 5.90. The molecule has 0 amide bonds. The molecule has 0 atom stereocenters. The van der Waals surface area contributed by atoms with Gasteiger partial charge in [0.25, 0.3) is 0 Å². The smallest absolute Gasteiger partial charge is 0.246 e. The molecular weight excluding hydrogens is 431 g/mol. The van der Waals surface area contributed by atoms with Crippen LogP contribution in [0.5, 0.6) is 0 Å². The molecule has 174 valence electrons. The Bertz CT molecular complexity index is 1280. The number of piperidine rings is 1. The van der Waals surface area contributed by atoms with Crippen LogP contribution >= 0.6 is 0 Å². The van der Waals surface area contributed by atoms with Crippen molar-refractivity contribution in [2.24, 2.45) is 5.10 Å². The number of hydrogen-bond donors (Lipinski definition) is 2. The molecule has 2 N–H and O–H groups in total. The van der Waals surface area contributed by atoms with Crippen molar-refractivity contribution >= 4 is 28.9 Å². The third kappa shape index (κ3) is 5.20. The fourth-order valence-electron chi connectivity index (χ4n) is 4.10. The summed E-state index contributed by atoms with van der Waals surface area (Å²) in [6.45, 7) is 2.71. The molecule has 1 aliphatic heterocycles. The number of rotatable bonds is 7. The van der Waals surface area contributed by atoms with Crippen LogP contribution < -0.4 is 10.7 Å². The number of anilines is 2. The number of likely N-dealkylation sites (tertiary alicyclic amines) is 1. The summed E-state index contributed by atoms with van der Waals surface area (Å²) in [6, 6.07) is 14.8. The van der Waals surface area contributed by atoms with Gasteiger partial charge in [-0.1, -0.05) is 24.3 Å². The highest BCUT2D eigenvalue weighted by Crippen LogP contribution is 2.24. The SMILES string of the molecule is CN1CCC(Nc2nc(N/N=C/c3nccn3Cc3ccc(F)cc3)nc3ccccc23)CC1. The Labute approximate surface area is 197 Å². The number of hydrogen-bond acceptors (Lipinski definition) is 7. The van der Waals surface area contributed by atoms with Crippen molar-refractivity contribution in [3.05, 3.63) is 78.1 Å². The molecule has 1 fully saturated rings. The molecule has 1 aliphatic rings. The number of nitrogens with one attached hydrogen (secondary N) is 2. The van der Waals surface area contributed by atoms with Crippen LogP contribution in [0.25, 0.3) is 10.9 Å². The van der Waals surface area contributed by atoms with Gasteiger partial charge in [0.2, 0.25) is 5.95 Å². The summed E-state index contributed by atoms with van der Waals surface area (Å²) >= 11 is 0. The van der Waals surface area contributed by atoms with Gasteiger partial charge in [0.15, 0.2) is 5.82 Å². The van der Waals surface area contributed by atoms with E-state index in [1.54, 1.807) is 24.5 Å². The Balaban J connectivity index is 1.31. The minimum absolute atomic E-state index is 0.250. The molecule has 9 heteroatoms. The van der Waals surface area contributed by atoms with E-state index in [0.29, 0.717) is 24.4 Å². The van der Waals surface area contributed by atoms with Gasteiger partial charge in [0.05, 0.1) is 11.7 Å². The second-order valence-electron chi connectivity index (χ2n) is 8.54. The van der Waals surface area contributed by atoms with Crippen molar-refractivity contribution in [2.75, 3.05) is 30.9 Å². The van der Waals surface area contributed by atoms with Crippen LogP contribution in [0.15, 0.2) is 66.0 Å². The second-order valence-corrected chi connectivity index (χ2v) is 8.54. The number of para-hydroxylation sites is 1. The van der Waals surface area contributed by atoms with Gasteiger partial charge < -0.3 is 14.8 Å². The number of fused-ring (bicyclic) bond motifs is 1. The maximum absolute atomic E-state index is 13.2. The maximum atomic E-state index is 13.2. The van der Waals surface area contributed by atoms with E-state index in [1.165, 1.54) is 12.1 Å². The quantitative estimate of drug-likeness (QED) is 0.322. The van der Waals surface area contributed by atoms with E-state index in [4.69, 9.17) is 4.98 Å². The zero-order valence-electron chi connectivity index (χ0n) is 19.0. The fourth-order valence-corrected chi connectivity index (χ4v) is 4.10. The molecular formula is C25H27FN8. The molecule has 0 aliphatic carbocycles. The van der Waals surface area contributed by atoms with Gasteiger partial charge in [-0.25, -0.2) is 19.8 Å². The topological polar surface area (TPSA) is 83.3 Å². The Kier molecular flexibility index (Phi) is 6.44. The van der Waals surface area contributed by atoms with Gasteiger partial charge in [-0.15, -0.1) is 0 Å². The van der Waals surface area contributed by atoms with Gasteiger partial charge in [-0.3, -0.25) is 0 Å². The van der Waals surface area contributed by atoms with Gasteiger partial charge in [0, 0.05) is 30.4 Å². The molecule has 2 aromatic heterocycles. The first-order valence-corrected chi connectivity index (χ1v) is 11.4. The first kappa shape index (κ1) is 22.0. The Morgan fingerprint density at radius 2 is 1.88 bits per heavy atom. The minimum atomic E-state index is -0.250. The summed E-state index contributed by atoms with van der Waals surface area (Å²) in [6.07, 6.45) is 7.35. The Hall–Kier alpha value is -3.85. The van der Waals surface area contributed by atoms with E-state index in [9.17, 15) is 4.39 Å². The molecule has 0 radical (unpaired) electrons. The average molecular weight is 459 g/mol. The van der Waals surface area contributed by atoms with E-state index in [2.05, 4.69) is 37.8 Å². The summed E-state index contributed by atoms with van der Waals surface area (Å²) in [4.78, 5) is 16.0. The molecule has 3 heterocycles. The molecule has 1 saturated heterocycles. The van der Waals surface area contributed by atoms with Crippen LogP contribution in [0.3, 0.4) is 0 Å². The lowest BCUT2D eigenvalue weighted by Gasteiger charge is -2.30. The maximum Gasteiger partial charge on any atom is 0.246 e. The lowest BCUT2D eigenvalue weighted by molar-refractivity contribution is 0.264. The Morgan fingerprint density at radius 3 is 2.71 bits per heavy atom. The molecule has 2 aromatic carbocycles. The van der Waals surface area contributed by atoms with Gasteiger partial charge >= 0.3 is 0 Å². The fraction of sp³-hybridized carbons (Fsp3) is 0.280. The van der Waals surface area contributed by atoms with Crippen LogP contribution in [0, 0.1) is 5.82 Å². The van der Waals surface area contributed by atoms with Crippen molar-refractivity contribution in [1.29, 1.82) is 0 Å². The van der Waals surface area contributed by atoms with E-state index in [-0.39, 0.29) is 5.82 Å². The predicted molar refractivity (Wildman–Crippen MR) is 133 cm³/mol. The number of hydrazone groups is 1. The van der Waals surface area contributed by atoms with Gasteiger partial charge in [-0.2, -0.15) is 10.1 Å². The van der Waals surface area contributed by atoms with Crippen molar-refractivity contribution in [3.8, 4) is 0 Å². The highest BCUT2D eigenvalue weighted by Gasteiger charge is 2.18. The summed E-state index contributed by atoms with van der Waals surface area (Å²) in [7, 11) is 2.15. The Morgan fingerprint density at radius 1 is 1.09 bits per heavy atom. The number of aromatic nitrogens is 4. The van der Waals surface area contributed by atoms with E-state index >= 15 is 0 Å². The third-order valence-corrected chi connectivity index (χ3v) is 6.02. The molecule has 8 nitrogen and oxygen atoms in total. The molecule has 0 unspecified atom stereocenters. The zero-order chi connectivity index (χ0) is 23.3. The first-order chi connectivity index (χ1) is 16.6. The molecule has 0 bridgehead atoms. The lowest BCUT2D eigenvalue weighted by Crippen LogP contribution is -2.37. The summed E-state index contributed by atoms with van der Waals surface area (Å²) < 4.78 is 15.1. The largest absolute Gasteiger partial charge is 0.367 e. The minimum Gasteiger partial charge on any atom is -0.367 e. The van der Waals surface area contributed by atoms with Crippen molar-refractivity contribution in [3.63, 3.8) is 0 Å². The second kappa shape index (κ2) is 9.96. The third-order valence-electron chi connectivity index (χ3n) is 6.02. The number of nitrogens with zero attached hydrogens (tertiary/aromatic N) is 6. The highest BCUT2D eigenvalue weighted by atomic mass is 19.1. The predicted octanol–water partition coefficient (Wildman–Crippen LogP) is 3.97. The normalized spacial score (nSPS) is 15.2. The van der Waals surface area contributed by atoms with Crippen LogP contribution in [0.2, 0.25) is 0 Å². The van der Waals surface area contributed by atoms with Crippen molar-refractivity contribution in [2.45, 2.75) is 25.4 Å².